The third kappa shape index (κ3) is 1.97. The number of aryl methyl sites for hydroxylation is 1. The molecule has 1 aromatic carbocycles. The van der Waals surface area contributed by atoms with Gasteiger partial charge in [-0.1, -0.05) is 11.6 Å². The van der Waals surface area contributed by atoms with Gasteiger partial charge in [0.25, 0.3) is 0 Å². The number of benzene rings is 1. The molecule has 17 heavy (non-hydrogen) atoms. The molecule has 2 nitrogen and oxygen atoms in total. The zero-order chi connectivity index (χ0) is 11.9. The molecule has 2 heterocycles. The molecule has 0 radical (unpaired) electrons. The Morgan fingerprint density at radius 2 is 2.06 bits per heavy atom. The molecule has 1 fully saturated rings. The lowest BCUT2D eigenvalue weighted by Crippen LogP contribution is -2.44. The second-order valence-corrected chi connectivity index (χ2v) is 6.22. The van der Waals surface area contributed by atoms with Crippen molar-refractivity contribution < 1.29 is 9.53 Å². The number of ether oxygens (including phenoxy) is 1. The summed E-state index contributed by atoms with van der Waals surface area (Å²) in [6, 6.07) is 5.91. The van der Waals surface area contributed by atoms with Crippen LogP contribution in [0.4, 0.5) is 0 Å². The monoisotopic (exact) mass is 248 g/mol. The zero-order valence-corrected chi connectivity index (χ0v) is 10.8. The maximum atomic E-state index is 12.2. The maximum Gasteiger partial charge on any atom is 0.170 e. The molecule has 0 aromatic heterocycles. The molecule has 3 rings (SSSR count). The number of hydrogen-bond donors (Lipinski definition) is 0. The van der Waals surface area contributed by atoms with Gasteiger partial charge in [0.15, 0.2) is 5.78 Å². The molecule has 0 bridgehead atoms. The molecular weight excluding hydrogens is 232 g/mol. The summed E-state index contributed by atoms with van der Waals surface area (Å²) in [6.07, 6.45) is 2.55. The molecule has 0 amide bonds. The number of carbonyl (C=O) groups excluding carboxylic acids is 1. The number of ketones is 1. The van der Waals surface area contributed by atoms with Crippen LogP contribution in [0.1, 0.15) is 35.2 Å². The van der Waals surface area contributed by atoms with E-state index in [9.17, 15) is 4.79 Å². The number of hydrogen-bond acceptors (Lipinski definition) is 3. The van der Waals surface area contributed by atoms with Crippen LogP contribution < -0.4 is 4.74 Å². The van der Waals surface area contributed by atoms with Crippen LogP contribution in [0.2, 0.25) is 0 Å². The van der Waals surface area contributed by atoms with Crippen molar-refractivity contribution in [2.45, 2.75) is 31.8 Å². The van der Waals surface area contributed by atoms with Crippen molar-refractivity contribution >= 4 is 17.5 Å². The van der Waals surface area contributed by atoms with Gasteiger partial charge in [-0.05, 0) is 43.4 Å². The number of thioether (sulfide) groups is 1. The lowest BCUT2D eigenvalue weighted by atomic mass is 9.85. The minimum Gasteiger partial charge on any atom is -0.486 e. The van der Waals surface area contributed by atoms with Crippen molar-refractivity contribution in [2.75, 3.05) is 11.5 Å². The number of rotatable bonds is 0. The van der Waals surface area contributed by atoms with E-state index in [1.807, 2.05) is 36.9 Å². The van der Waals surface area contributed by atoms with Gasteiger partial charge < -0.3 is 4.74 Å². The quantitative estimate of drug-likeness (QED) is 0.705. The van der Waals surface area contributed by atoms with Crippen LogP contribution in [-0.2, 0) is 0 Å². The molecule has 1 aromatic rings. The highest BCUT2D eigenvalue weighted by Gasteiger charge is 2.41. The first-order chi connectivity index (χ1) is 8.19. The molecule has 0 N–H and O–H groups in total. The van der Waals surface area contributed by atoms with Gasteiger partial charge in [-0.15, -0.1) is 0 Å². The van der Waals surface area contributed by atoms with Crippen LogP contribution >= 0.6 is 11.8 Å². The van der Waals surface area contributed by atoms with Gasteiger partial charge >= 0.3 is 0 Å². The van der Waals surface area contributed by atoms with E-state index in [4.69, 9.17) is 4.74 Å². The summed E-state index contributed by atoms with van der Waals surface area (Å²) in [4.78, 5) is 12.2. The van der Waals surface area contributed by atoms with Crippen molar-refractivity contribution in [3.05, 3.63) is 29.3 Å². The first-order valence-electron chi connectivity index (χ1n) is 6.09. The van der Waals surface area contributed by atoms with Gasteiger partial charge in [0, 0.05) is 0 Å². The van der Waals surface area contributed by atoms with Gasteiger partial charge in [0.1, 0.15) is 11.4 Å². The summed E-state index contributed by atoms with van der Waals surface area (Å²) in [7, 11) is 0. The fraction of sp³-hybridized carbons (Fsp3) is 0.500. The van der Waals surface area contributed by atoms with Crippen LogP contribution in [0.5, 0.6) is 5.75 Å². The van der Waals surface area contributed by atoms with E-state index < -0.39 is 0 Å². The van der Waals surface area contributed by atoms with Crippen molar-refractivity contribution in [1.82, 2.24) is 0 Å². The second-order valence-electron chi connectivity index (χ2n) is 5.00. The van der Waals surface area contributed by atoms with Crippen molar-refractivity contribution in [3.8, 4) is 5.75 Å². The van der Waals surface area contributed by atoms with Crippen molar-refractivity contribution in [1.29, 1.82) is 0 Å². The molecule has 2 aliphatic rings. The Hall–Kier alpha value is -0.960. The van der Waals surface area contributed by atoms with Gasteiger partial charge in [-0.25, -0.2) is 0 Å². The predicted molar refractivity (Wildman–Crippen MR) is 70.0 cm³/mol. The van der Waals surface area contributed by atoms with E-state index in [0.29, 0.717) is 6.42 Å². The number of Topliss-reactive ketones (excluding diaryl/α,β-unsaturated/α-hetero) is 1. The lowest BCUT2D eigenvalue weighted by molar-refractivity contribution is 0.0348. The van der Waals surface area contributed by atoms with E-state index in [1.54, 1.807) is 0 Å². The van der Waals surface area contributed by atoms with Crippen LogP contribution in [0.15, 0.2) is 18.2 Å². The maximum absolute atomic E-state index is 12.2. The Bertz CT molecular complexity index is 461. The smallest absolute Gasteiger partial charge is 0.170 e. The fourth-order valence-electron chi connectivity index (χ4n) is 2.63. The first kappa shape index (κ1) is 11.1. The van der Waals surface area contributed by atoms with Gasteiger partial charge in [-0.2, -0.15) is 11.8 Å². The highest BCUT2D eigenvalue weighted by molar-refractivity contribution is 7.99. The highest BCUT2D eigenvalue weighted by atomic mass is 32.2. The Kier molecular flexibility index (Phi) is 2.66. The molecule has 0 unspecified atom stereocenters. The summed E-state index contributed by atoms with van der Waals surface area (Å²) in [5.74, 6) is 3.25. The Morgan fingerprint density at radius 1 is 1.29 bits per heavy atom. The van der Waals surface area contributed by atoms with E-state index in [1.165, 1.54) is 0 Å². The Balaban J connectivity index is 1.97. The lowest BCUT2D eigenvalue weighted by Gasteiger charge is -2.40. The normalized spacial score (nSPS) is 22.1. The van der Waals surface area contributed by atoms with E-state index in [2.05, 4.69) is 0 Å². The van der Waals surface area contributed by atoms with Crippen LogP contribution in [-0.4, -0.2) is 22.9 Å². The van der Waals surface area contributed by atoms with Crippen LogP contribution in [0.3, 0.4) is 0 Å². The van der Waals surface area contributed by atoms with E-state index >= 15 is 0 Å². The molecule has 0 aliphatic carbocycles. The van der Waals surface area contributed by atoms with Crippen molar-refractivity contribution in [3.63, 3.8) is 0 Å². The molecule has 90 valence electrons. The molecule has 2 aliphatic heterocycles. The van der Waals surface area contributed by atoms with E-state index in [0.717, 1.165) is 41.2 Å². The third-order valence-electron chi connectivity index (χ3n) is 3.65. The Labute approximate surface area is 106 Å². The molecule has 1 spiro atoms. The largest absolute Gasteiger partial charge is 0.486 e. The van der Waals surface area contributed by atoms with E-state index in [-0.39, 0.29) is 11.4 Å². The van der Waals surface area contributed by atoms with Crippen LogP contribution in [0.25, 0.3) is 0 Å². The highest BCUT2D eigenvalue weighted by Crippen LogP contribution is 2.41. The zero-order valence-electron chi connectivity index (χ0n) is 9.99. The second kappa shape index (κ2) is 4.05. The fourth-order valence-corrected chi connectivity index (χ4v) is 3.87. The Morgan fingerprint density at radius 3 is 2.82 bits per heavy atom. The predicted octanol–water partition coefficient (Wildman–Crippen LogP) is 3.23. The minimum atomic E-state index is -0.204. The summed E-state index contributed by atoms with van der Waals surface area (Å²) >= 11 is 1.96. The summed E-state index contributed by atoms with van der Waals surface area (Å²) in [5.41, 5.74) is 1.69. The summed E-state index contributed by atoms with van der Waals surface area (Å²) < 4.78 is 6.15. The molecule has 3 heteroatoms. The summed E-state index contributed by atoms with van der Waals surface area (Å²) in [6.45, 7) is 2.01. The van der Waals surface area contributed by atoms with Gasteiger partial charge in [0.2, 0.25) is 0 Å². The summed E-state index contributed by atoms with van der Waals surface area (Å²) in [5, 5.41) is 0. The molecular formula is C14H16O2S. The topological polar surface area (TPSA) is 26.3 Å². The standard InChI is InChI=1S/C14H16O2S/c1-10-2-3-13-11(8-10)12(15)9-14(16-13)4-6-17-7-5-14/h2-3,8H,4-7,9H2,1H3. The molecule has 1 saturated heterocycles. The first-order valence-corrected chi connectivity index (χ1v) is 7.25. The molecule has 0 saturated carbocycles. The third-order valence-corrected chi connectivity index (χ3v) is 4.63. The van der Waals surface area contributed by atoms with Crippen LogP contribution in [0, 0.1) is 6.92 Å². The molecule has 0 atom stereocenters. The van der Waals surface area contributed by atoms with Crippen molar-refractivity contribution in [2.24, 2.45) is 0 Å². The number of fused-ring (bicyclic) bond motifs is 1. The van der Waals surface area contributed by atoms with Gasteiger partial charge in [0.05, 0.1) is 12.0 Å². The minimum absolute atomic E-state index is 0.204. The average molecular weight is 248 g/mol. The number of carbonyl (C=O) groups is 1. The average Bonchev–Trinajstić information content (AvgIpc) is 2.31. The SMILES string of the molecule is Cc1ccc2c(c1)C(=O)CC1(CCSCC1)O2. The van der Waals surface area contributed by atoms with Gasteiger partial charge in [-0.3, -0.25) is 4.79 Å².